The maximum atomic E-state index is 12.1. The summed E-state index contributed by atoms with van der Waals surface area (Å²) in [5, 5.41) is 17.0. The molecule has 0 spiro atoms. The molecule has 138 valence electrons. The maximum Gasteiger partial charge on any atom is 0.490 e. The second-order valence-electron chi connectivity index (χ2n) is 5.67. The average molecular weight is 367 g/mol. The van der Waals surface area contributed by atoms with Crippen LogP contribution in [-0.4, -0.2) is 25.6 Å². The molecule has 9 heteroatoms. The number of nitrogens with zero attached hydrogens (tertiary/aromatic N) is 4. The number of ether oxygens (including phenoxy) is 1. The lowest BCUT2D eigenvalue weighted by Gasteiger charge is -2.09. The van der Waals surface area contributed by atoms with Crippen LogP contribution in [0.15, 0.2) is 60.9 Å². The third-order valence-electron chi connectivity index (χ3n) is 3.62. The zero-order valence-electron chi connectivity index (χ0n) is 14.3. The van der Waals surface area contributed by atoms with E-state index in [4.69, 9.17) is 4.74 Å². The number of anilines is 1. The van der Waals surface area contributed by atoms with Crippen LogP contribution in [0.1, 0.15) is 12.0 Å². The molecule has 0 aliphatic rings. The topological polar surface area (TPSA) is 112 Å². The molecular formula is C18H17N5O4. The van der Waals surface area contributed by atoms with Gasteiger partial charge in [0.15, 0.2) is 0 Å². The Morgan fingerprint density at radius 2 is 2.00 bits per heavy atom. The van der Waals surface area contributed by atoms with Crippen LogP contribution in [0.25, 0.3) is 0 Å². The highest BCUT2D eigenvalue weighted by molar-refractivity contribution is 5.90. The Kier molecular flexibility index (Phi) is 5.73. The summed E-state index contributed by atoms with van der Waals surface area (Å²) < 4.78 is 6.99. The lowest BCUT2D eigenvalue weighted by molar-refractivity contribution is -0.394. The molecule has 0 radical (unpaired) electrons. The van der Waals surface area contributed by atoms with Gasteiger partial charge in [-0.2, -0.15) is 4.68 Å². The maximum absolute atomic E-state index is 12.1. The molecule has 3 aromatic rings. The van der Waals surface area contributed by atoms with Gasteiger partial charge in [-0.3, -0.25) is 4.79 Å². The Morgan fingerprint density at radius 1 is 1.19 bits per heavy atom. The van der Waals surface area contributed by atoms with Crippen LogP contribution in [0, 0.1) is 10.1 Å². The Labute approximate surface area is 154 Å². The molecule has 1 N–H and O–H groups in total. The van der Waals surface area contributed by atoms with Crippen LogP contribution in [-0.2, 0) is 17.9 Å². The first-order valence-electron chi connectivity index (χ1n) is 8.20. The average Bonchev–Trinajstić information content (AvgIpc) is 3.15. The van der Waals surface area contributed by atoms with Crippen LogP contribution in [0.5, 0.6) is 5.75 Å². The monoisotopic (exact) mass is 367 g/mol. The number of hydrogen-bond acceptors (Lipinski definition) is 6. The molecule has 0 aliphatic carbocycles. The Balaban J connectivity index is 1.50. The van der Waals surface area contributed by atoms with E-state index in [1.54, 1.807) is 18.2 Å². The van der Waals surface area contributed by atoms with Crippen LogP contribution in [0.3, 0.4) is 0 Å². The Bertz CT molecular complexity index is 926. The summed E-state index contributed by atoms with van der Waals surface area (Å²) in [6.45, 7) is 0.625. The molecule has 0 atom stereocenters. The van der Waals surface area contributed by atoms with Gasteiger partial charge in [0.25, 0.3) is 0 Å². The van der Waals surface area contributed by atoms with Gasteiger partial charge in [0, 0.05) is 23.3 Å². The molecule has 0 bridgehead atoms. The molecule has 1 aromatic heterocycles. The van der Waals surface area contributed by atoms with Crippen molar-refractivity contribution in [3.63, 3.8) is 0 Å². The van der Waals surface area contributed by atoms with E-state index in [-0.39, 0.29) is 18.9 Å². The molecular weight excluding hydrogens is 350 g/mol. The first-order chi connectivity index (χ1) is 13.1. The number of nitrogens with one attached hydrogen (secondary N) is 1. The summed E-state index contributed by atoms with van der Waals surface area (Å²) in [4.78, 5) is 25.5. The molecule has 0 saturated carbocycles. The minimum Gasteiger partial charge on any atom is -0.489 e. The van der Waals surface area contributed by atoms with Gasteiger partial charge >= 0.3 is 5.95 Å². The fourth-order valence-corrected chi connectivity index (χ4v) is 2.32. The van der Waals surface area contributed by atoms with Crippen molar-refractivity contribution in [2.45, 2.75) is 19.6 Å². The van der Waals surface area contributed by atoms with Gasteiger partial charge in [-0.1, -0.05) is 41.4 Å². The number of carbonyl (C=O) groups is 1. The summed E-state index contributed by atoms with van der Waals surface area (Å²) in [5.74, 6) is -0.0874. The predicted octanol–water partition coefficient (Wildman–Crippen LogP) is 2.79. The summed E-state index contributed by atoms with van der Waals surface area (Å²) in [5.41, 5.74) is 1.66. The van der Waals surface area contributed by atoms with Crippen molar-refractivity contribution in [2.24, 2.45) is 0 Å². The molecule has 9 nitrogen and oxygen atoms in total. The quantitative estimate of drug-likeness (QED) is 0.484. The highest BCUT2D eigenvalue weighted by atomic mass is 16.6. The van der Waals surface area contributed by atoms with Crippen molar-refractivity contribution in [3.8, 4) is 5.75 Å². The molecule has 0 unspecified atom stereocenters. The smallest absolute Gasteiger partial charge is 0.489 e. The van der Waals surface area contributed by atoms with Crippen LogP contribution < -0.4 is 10.1 Å². The lowest BCUT2D eigenvalue weighted by Crippen LogP contribution is -2.14. The van der Waals surface area contributed by atoms with E-state index in [2.05, 4.69) is 15.4 Å². The van der Waals surface area contributed by atoms with Crippen molar-refractivity contribution in [2.75, 3.05) is 5.32 Å². The summed E-state index contributed by atoms with van der Waals surface area (Å²) in [6, 6.07) is 16.9. The largest absolute Gasteiger partial charge is 0.490 e. The van der Waals surface area contributed by atoms with E-state index in [1.165, 1.54) is 11.0 Å². The van der Waals surface area contributed by atoms with E-state index in [9.17, 15) is 14.9 Å². The fourth-order valence-electron chi connectivity index (χ4n) is 2.32. The first-order valence-corrected chi connectivity index (χ1v) is 8.20. The van der Waals surface area contributed by atoms with Crippen LogP contribution in [0.2, 0.25) is 0 Å². The molecule has 3 rings (SSSR count). The normalized spacial score (nSPS) is 10.4. The van der Waals surface area contributed by atoms with Gasteiger partial charge < -0.3 is 20.2 Å². The second kappa shape index (κ2) is 8.56. The number of aryl methyl sites for hydroxylation is 1. The molecule has 1 amide bonds. The number of rotatable bonds is 8. The van der Waals surface area contributed by atoms with E-state index >= 15 is 0 Å². The zero-order valence-corrected chi connectivity index (χ0v) is 14.3. The van der Waals surface area contributed by atoms with Crippen LogP contribution >= 0.6 is 0 Å². The third kappa shape index (κ3) is 5.36. The van der Waals surface area contributed by atoms with Gasteiger partial charge in [0.1, 0.15) is 12.4 Å². The highest BCUT2D eigenvalue weighted by Crippen LogP contribution is 2.19. The summed E-state index contributed by atoms with van der Waals surface area (Å²) in [7, 11) is 0. The Morgan fingerprint density at radius 3 is 2.74 bits per heavy atom. The fraction of sp³-hybridized carbons (Fsp3) is 0.167. The molecule has 2 aromatic carbocycles. The molecule has 1 heterocycles. The minimum absolute atomic E-state index is 0.107. The number of hydrogen-bond donors (Lipinski definition) is 1. The zero-order chi connectivity index (χ0) is 19.1. The van der Waals surface area contributed by atoms with Crippen LogP contribution in [0.4, 0.5) is 11.6 Å². The van der Waals surface area contributed by atoms with E-state index in [0.717, 1.165) is 5.56 Å². The number of aromatic nitrogens is 3. The second-order valence-corrected chi connectivity index (χ2v) is 5.67. The van der Waals surface area contributed by atoms with E-state index in [1.807, 2.05) is 36.4 Å². The van der Waals surface area contributed by atoms with Gasteiger partial charge in [0.2, 0.25) is 12.2 Å². The number of nitro groups is 1. The number of carbonyl (C=O) groups excluding carboxylic acids is 1. The summed E-state index contributed by atoms with van der Waals surface area (Å²) >= 11 is 0. The van der Waals surface area contributed by atoms with Crippen molar-refractivity contribution >= 4 is 17.5 Å². The number of amides is 1. The minimum atomic E-state index is -0.683. The number of benzene rings is 2. The predicted molar refractivity (Wildman–Crippen MR) is 97.1 cm³/mol. The third-order valence-corrected chi connectivity index (χ3v) is 3.62. The molecule has 0 aliphatic heterocycles. The SMILES string of the molecule is O=C(CCn1cnc([N+](=O)[O-])n1)Nc1cccc(OCc2ccccc2)c1. The Hall–Kier alpha value is -3.75. The van der Waals surface area contributed by atoms with E-state index < -0.39 is 10.9 Å². The van der Waals surface area contributed by atoms with Crippen molar-refractivity contribution in [1.29, 1.82) is 0 Å². The molecule has 0 saturated heterocycles. The molecule has 0 fully saturated rings. The lowest BCUT2D eigenvalue weighted by atomic mass is 10.2. The highest BCUT2D eigenvalue weighted by Gasteiger charge is 2.13. The van der Waals surface area contributed by atoms with Gasteiger partial charge in [-0.25, -0.2) is 0 Å². The summed E-state index contributed by atoms with van der Waals surface area (Å²) in [6.07, 6.45) is 1.33. The van der Waals surface area contributed by atoms with Gasteiger partial charge in [0.05, 0.1) is 6.54 Å². The van der Waals surface area contributed by atoms with Gasteiger partial charge in [-0.15, -0.1) is 0 Å². The van der Waals surface area contributed by atoms with E-state index in [0.29, 0.717) is 18.0 Å². The standard InChI is InChI=1S/C18H17N5O4/c24-17(9-10-22-13-19-18(21-22)23(25)26)20-15-7-4-8-16(11-15)27-12-14-5-2-1-3-6-14/h1-8,11,13H,9-10,12H2,(H,20,24). The van der Waals surface area contributed by atoms with Crippen molar-refractivity contribution in [1.82, 2.24) is 14.8 Å². The van der Waals surface area contributed by atoms with Gasteiger partial charge in [-0.05, 0) is 22.6 Å². The van der Waals surface area contributed by atoms with Crippen molar-refractivity contribution in [3.05, 3.63) is 76.6 Å². The van der Waals surface area contributed by atoms with Crippen molar-refractivity contribution < 1.29 is 14.5 Å². The molecule has 27 heavy (non-hydrogen) atoms. The first kappa shape index (κ1) is 18.1.